The molecule has 0 rings (SSSR count). The summed E-state index contributed by atoms with van der Waals surface area (Å²) in [5, 5.41) is 8.13. The summed E-state index contributed by atoms with van der Waals surface area (Å²) in [4.78, 5) is 20.6. The van der Waals surface area contributed by atoms with Crippen LogP contribution in [0, 0.1) is 0 Å². The van der Waals surface area contributed by atoms with Crippen molar-refractivity contribution in [3.63, 3.8) is 0 Å². The minimum atomic E-state index is -1.17. The Kier molecular flexibility index (Phi) is 6.18. The summed E-state index contributed by atoms with van der Waals surface area (Å²) in [5.41, 5.74) is 0. The molecule has 0 aliphatic heterocycles. The first-order valence-corrected chi connectivity index (χ1v) is 3.98. The highest BCUT2D eigenvalue weighted by Gasteiger charge is 1.96. The van der Waals surface area contributed by atoms with Crippen molar-refractivity contribution >= 4 is 24.6 Å². The van der Waals surface area contributed by atoms with Crippen LogP contribution < -0.4 is 0 Å². The van der Waals surface area contributed by atoms with E-state index in [4.69, 9.17) is 5.11 Å². The first-order valence-electron chi connectivity index (χ1n) is 3.35. The smallest absolute Gasteiger partial charge is 0.331 e. The predicted molar refractivity (Wildman–Crippen MR) is 46.2 cm³/mol. The number of carboxylic acids is 1. The monoisotopic (exact) mass is 190 g/mol. The number of esters is 1. The van der Waals surface area contributed by atoms with Gasteiger partial charge in [0.1, 0.15) is 0 Å². The number of thiol groups is 1. The Bertz CT molecular complexity index is 188. The molecule has 0 aliphatic rings. The van der Waals surface area contributed by atoms with Crippen LogP contribution in [0.2, 0.25) is 0 Å². The van der Waals surface area contributed by atoms with Crippen molar-refractivity contribution in [3.8, 4) is 0 Å². The summed E-state index contributed by atoms with van der Waals surface area (Å²) in [5.74, 6) is -1.17. The molecule has 0 aliphatic carbocycles. The Hall–Kier alpha value is -0.970. The van der Waals surface area contributed by atoms with Gasteiger partial charge in [0.05, 0.1) is 6.61 Å². The maximum Gasteiger partial charge on any atom is 0.331 e. The van der Waals surface area contributed by atoms with E-state index >= 15 is 0 Å². The number of rotatable bonds is 5. The van der Waals surface area contributed by atoms with Crippen molar-refractivity contribution in [2.45, 2.75) is 6.42 Å². The molecule has 0 atom stereocenters. The fourth-order valence-corrected chi connectivity index (χ4v) is 0.554. The number of carbonyl (C=O) groups excluding carboxylic acids is 1. The van der Waals surface area contributed by atoms with E-state index < -0.39 is 11.9 Å². The summed E-state index contributed by atoms with van der Waals surface area (Å²) in [6.07, 6.45) is 2.28. The molecule has 0 spiro atoms. The standard InChI is InChI=1S/C7H10O4S/c8-6(9)2-3-7(10)11-4-1-5-12/h2-3,12H,1,4-5H2,(H,8,9)/b3-2-. The molecule has 0 bridgehead atoms. The van der Waals surface area contributed by atoms with E-state index in [1.807, 2.05) is 0 Å². The van der Waals surface area contributed by atoms with Gasteiger partial charge in [-0.2, -0.15) is 12.6 Å². The van der Waals surface area contributed by atoms with Crippen LogP contribution in [0.5, 0.6) is 0 Å². The molecule has 12 heavy (non-hydrogen) atoms. The predicted octanol–water partition coefficient (Wildman–Crippen LogP) is 0.490. The molecule has 1 N–H and O–H groups in total. The Balaban J connectivity index is 3.53. The van der Waals surface area contributed by atoms with Crippen LogP contribution in [-0.4, -0.2) is 29.4 Å². The molecule has 0 unspecified atom stereocenters. The average Bonchev–Trinajstić information content (AvgIpc) is 2.01. The molecule has 0 aromatic rings. The van der Waals surface area contributed by atoms with Crippen molar-refractivity contribution in [2.24, 2.45) is 0 Å². The molecular formula is C7H10O4S. The van der Waals surface area contributed by atoms with E-state index in [-0.39, 0.29) is 6.61 Å². The fraction of sp³-hybridized carbons (Fsp3) is 0.429. The van der Waals surface area contributed by atoms with Gasteiger partial charge in [-0.1, -0.05) is 0 Å². The second-order valence-electron chi connectivity index (χ2n) is 1.92. The lowest BCUT2D eigenvalue weighted by atomic mass is 10.5. The van der Waals surface area contributed by atoms with Crippen LogP contribution in [0.1, 0.15) is 6.42 Å². The SMILES string of the molecule is O=C(O)/C=C\C(=O)OCCCS. The van der Waals surface area contributed by atoms with Crippen molar-refractivity contribution < 1.29 is 19.4 Å². The van der Waals surface area contributed by atoms with E-state index in [1.165, 1.54) is 0 Å². The van der Waals surface area contributed by atoms with E-state index in [2.05, 4.69) is 17.4 Å². The second-order valence-corrected chi connectivity index (χ2v) is 2.36. The zero-order valence-electron chi connectivity index (χ0n) is 6.40. The molecule has 0 radical (unpaired) electrons. The van der Waals surface area contributed by atoms with Gasteiger partial charge >= 0.3 is 11.9 Å². The molecule has 68 valence electrons. The molecule has 0 aromatic heterocycles. The zero-order valence-corrected chi connectivity index (χ0v) is 7.29. The van der Waals surface area contributed by atoms with Crippen LogP contribution in [-0.2, 0) is 14.3 Å². The fourth-order valence-electron chi connectivity index (χ4n) is 0.425. The van der Waals surface area contributed by atoms with Crippen molar-refractivity contribution in [1.82, 2.24) is 0 Å². The molecule has 0 aromatic carbocycles. The summed E-state index contributed by atoms with van der Waals surface area (Å²) in [6, 6.07) is 0. The second kappa shape index (κ2) is 6.72. The minimum absolute atomic E-state index is 0.270. The van der Waals surface area contributed by atoms with E-state index in [0.29, 0.717) is 12.2 Å². The average molecular weight is 190 g/mol. The molecule has 0 saturated carbocycles. The van der Waals surface area contributed by atoms with Crippen LogP contribution in [0.3, 0.4) is 0 Å². The summed E-state index contributed by atoms with van der Waals surface area (Å²) >= 11 is 3.90. The highest BCUT2D eigenvalue weighted by molar-refractivity contribution is 7.80. The van der Waals surface area contributed by atoms with Crippen LogP contribution in [0.4, 0.5) is 0 Å². The highest BCUT2D eigenvalue weighted by Crippen LogP contribution is 1.87. The van der Waals surface area contributed by atoms with Gasteiger partial charge in [0.25, 0.3) is 0 Å². The molecule has 0 saturated heterocycles. The van der Waals surface area contributed by atoms with Gasteiger partial charge in [-0.05, 0) is 12.2 Å². The summed E-state index contributed by atoms with van der Waals surface area (Å²) in [7, 11) is 0. The molecule has 0 heterocycles. The Morgan fingerprint density at radius 3 is 2.58 bits per heavy atom. The van der Waals surface area contributed by atoms with Gasteiger partial charge in [0.15, 0.2) is 0 Å². The maximum absolute atomic E-state index is 10.6. The van der Waals surface area contributed by atoms with Crippen molar-refractivity contribution in [1.29, 1.82) is 0 Å². The third-order valence-electron chi connectivity index (χ3n) is 0.909. The minimum Gasteiger partial charge on any atom is -0.478 e. The number of hydrogen-bond acceptors (Lipinski definition) is 4. The van der Waals surface area contributed by atoms with Crippen LogP contribution in [0.25, 0.3) is 0 Å². The summed E-state index contributed by atoms with van der Waals surface area (Å²) in [6.45, 7) is 0.270. The summed E-state index contributed by atoms with van der Waals surface area (Å²) < 4.78 is 4.59. The molecule has 4 nitrogen and oxygen atoms in total. The zero-order chi connectivity index (χ0) is 9.40. The quantitative estimate of drug-likeness (QED) is 0.286. The lowest BCUT2D eigenvalue weighted by molar-refractivity contribution is -0.138. The highest BCUT2D eigenvalue weighted by atomic mass is 32.1. The lowest BCUT2D eigenvalue weighted by Crippen LogP contribution is -2.03. The number of aliphatic carboxylic acids is 1. The van der Waals surface area contributed by atoms with Gasteiger partial charge in [0, 0.05) is 12.2 Å². The Morgan fingerprint density at radius 1 is 1.42 bits per heavy atom. The van der Waals surface area contributed by atoms with Crippen LogP contribution >= 0.6 is 12.6 Å². The largest absolute Gasteiger partial charge is 0.478 e. The molecular weight excluding hydrogens is 180 g/mol. The first kappa shape index (κ1) is 11.0. The van der Waals surface area contributed by atoms with Crippen molar-refractivity contribution in [2.75, 3.05) is 12.4 Å². The molecule has 5 heteroatoms. The van der Waals surface area contributed by atoms with Gasteiger partial charge < -0.3 is 9.84 Å². The number of carbonyl (C=O) groups is 2. The lowest BCUT2D eigenvalue weighted by Gasteiger charge is -1.97. The van der Waals surface area contributed by atoms with E-state index in [1.54, 1.807) is 0 Å². The number of ether oxygens (including phenoxy) is 1. The van der Waals surface area contributed by atoms with Gasteiger partial charge in [0.2, 0.25) is 0 Å². The maximum atomic E-state index is 10.6. The Morgan fingerprint density at radius 2 is 2.08 bits per heavy atom. The van der Waals surface area contributed by atoms with Gasteiger partial charge in [-0.15, -0.1) is 0 Å². The van der Waals surface area contributed by atoms with E-state index in [9.17, 15) is 9.59 Å². The first-order chi connectivity index (χ1) is 5.66. The molecule has 0 amide bonds. The topological polar surface area (TPSA) is 63.6 Å². The number of hydrogen-bond donors (Lipinski definition) is 2. The van der Waals surface area contributed by atoms with E-state index in [0.717, 1.165) is 12.2 Å². The number of carboxylic acid groups (broad SMARTS) is 1. The third kappa shape index (κ3) is 7.14. The molecule has 0 fully saturated rings. The Labute approximate surface area is 75.6 Å². The van der Waals surface area contributed by atoms with Gasteiger partial charge in [-0.25, -0.2) is 9.59 Å². The van der Waals surface area contributed by atoms with Crippen molar-refractivity contribution in [3.05, 3.63) is 12.2 Å². The van der Waals surface area contributed by atoms with Crippen LogP contribution in [0.15, 0.2) is 12.2 Å². The van der Waals surface area contributed by atoms with Gasteiger partial charge in [-0.3, -0.25) is 0 Å². The normalized spacial score (nSPS) is 10.1. The third-order valence-corrected chi connectivity index (χ3v) is 1.22.